The molecule has 2 saturated heterocycles. The van der Waals surface area contributed by atoms with Crippen molar-refractivity contribution in [2.45, 2.75) is 51.1 Å². The highest BCUT2D eigenvalue weighted by Gasteiger charge is 2.35. The Bertz CT molecular complexity index is 409. The lowest BCUT2D eigenvalue weighted by Gasteiger charge is -2.41. The lowest BCUT2D eigenvalue weighted by atomic mass is 9.91. The van der Waals surface area contributed by atoms with Crippen molar-refractivity contribution in [1.82, 2.24) is 14.7 Å². The Hall–Kier alpha value is -1.01. The van der Waals surface area contributed by atoms with Gasteiger partial charge in [0.25, 0.3) is 0 Å². The van der Waals surface area contributed by atoms with E-state index in [1.54, 1.807) is 19.0 Å². The molecule has 0 aromatic rings. The molecule has 2 fully saturated rings. The number of carbonyl (C=O) groups is 2. The summed E-state index contributed by atoms with van der Waals surface area (Å²) in [6.45, 7) is 4.17. The summed E-state index contributed by atoms with van der Waals surface area (Å²) in [7, 11) is 3.53. The predicted molar refractivity (Wildman–Crippen MR) is 93.6 cm³/mol. The van der Waals surface area contributed by atoms with Gasteiger partial charge >= 0.3 is 6.03 Å². The molecule has 2 unspecified atom stereocenters. The fourth-order valence-corrected chi connectivity index (χ4v) is 3.61. The molecule has 0 spiro atoms. The second-order valence-electron chi connectivity index (χ2n) is 6.89. The summed E-state index contributed by atoms with van der Waals surface area (Å²) in [5, 5.41) is 0. The minimum atomic E-state index is 0. The van der Waals surface area contributed by atoms with Gasteiger partial charge in [-0.1, -0.05) is 0 Å². The molecule has 0 aromatic heterocycles. The molecule has 3 amide bonds. The molecule has 23 heavy (non-hydrogen) atoms. The third-order valence-electron chi connectivity index (χ3n) is 4.94. The van der Waals surface area contributed by atoms with Crippen molar-refractivity contribution in [2.24, 2.45) is 11.7 Å². The Labute approximate surface area is 145 Å². The van der Waals surface area contributed by atoms with Crippen molar-refractivity contribution in [3.8, 4) is 0 Å². The van der Waals surface area contributed by atoms with Crippen molar-refractivity contribution in [3.63, 3.8) is 0 Å². The first kappa shape index (κ1) is 20.0. The molecular formula is C16H31ClN4O2. The van der Waals surface area contributed by atoms with E-state index in [0.717, 1.165) is 38.6 Å². The van der Waals surface area contributed by atoms with Crippen molar-refractivity contribution in [1.29, 1.82) is 0 Å². The Kier molecular flexibility index (Phi) is 7.61. The SMILES string of the molecule is CC(N)C1CCCCN1C(=O)C1CCN(C(=O)N(C)C)CC1.Cl. The molecule has 2 aliphatic rings. The molecule has 0 saturated carbocycles. The highest BCUT2D eigenvalue weighted by molar-refractivity contribution is 5.85. The van der Waals surface area contributed by atoms with Gasteiger partial charge in [0.05, 0.1) is 0 Å². The highest BCUT2D eigenvalue weighted by Crippen LogP contribution is 2.26. The summed E-state index contributed by atoms with van der Waals surface area (Å²) < 4.78 is 0. The van der Waals surface area contributed by atoms with Gasteiger partial charge < -0.3 is 20.4 Å². The van der Waals surface area contributed by atoms with Crippen LogP contribution in [-0.2, 0) is 4.79 Å². The van der Waals surface area contributed by atoms with Gasteiger partial charge in [-0.2, -0.15) is 0 Å². The van der Waals surface area contributed by atoms with Gasteiger partial charge in [-0.3, -0.25) is 4.79 Å². The summed E-state index contributed by atoms with van der Waals surface area (Å²) in [5.74, 6) is 0.296. The molecule has 0 aliphatic carbocycles. The molecule has 0 bridgehead atoms. The van der Waals surface area contributed by atoms with E-state index in [4.69, 9.17) is 5.73 Å². The van der Waals surface area contributed by atoms with Crippen LogP contribution in [0.25, 0.3) is 0 Å². The standard InChI is InChI=1S/C16H30N4O2.ClH/c1-12(17)14-6-4-5-9-20(14)15(21)13-7-10-19(11-8-13)16(22)18(2)3;/h12-14H,4-11,17H2,1-3H3;1H. The normalized spacial score (nSPS) is 23.9. The minimum absolute atomic E-state index is 0. The van der Waals surface area contributed by atoms with Crippen LogP contribution in [0.3, 0.4) is 0 Å². The third kappa shape index (κ3) is 4.73. The zero-order valence-corrected chi connectivity index (χ0v) is 15.3. The highest BCUT2D eigenvalue weighted by atomic mass is 35.5. The van der Waals surface area contributed by atoms with Gasteiger partial charge in [0.15, 0.2) is 0 Å². The second-order valence-corrected chi connectivity index (χ2v) is 6.89. The fraction of sp³-hybridized carbons (Fsp3) is 0.875. The Morgan fingerprint density at radius 3 is 2.22 bits per heavy atom. The molecule has 0 radical (unpaired) electrons. The van der Waals surface area contributed by atoms with E-state index in [1.807, 2.05) is 16.7 Å². The zero-order valence-electron chi connectivity index (χ0n) is 14.5. The van der Waals surface area contributed by atoms with Crippen molar-refractivity contribution in [3.05, 3.63) is 0 Å². The van der Waals surface area contributed by atoms with E-state index in [2.05, 4.69) is 0 Å². The number of carbonyl (C=O) groups excluding carboxylic acids is 2. The summed E-state index contributed by atoms with van der Waals surface area (Å²) in [5.41, 5.74) is 6.07. The first-order valence-corrected chi connectivity index (χ1v) is 8.44. The van der Waals surface area contributed by atoms with Crippen LogP contribution in [0.2, 0.25) is 0 Å². The number of hydrogen-bond acceptors (Lipinski definition) is 3. The van der Waals surface area contributed by atoms with Crippen LogP contribution in [-0.4, -0.2) is 72.5 Å². The van der Waals surface area contributed by atoms with Crippen molar-refractivity contribution >= 4 is 24.3 Å². The fourth-order valence-electron chi connectivity index (χ4n) is 3.61. The van der Waals surface area contributed by atoms with Crippen LogP contribution in [0.15, 0.2) is 0 Å². The summed E-state index contributed by atoms with van der Waals surface area (Å²) in [6.07, 6.45) is 4.78. The van der Waals surface area contributed by atoms with Gasteiger partial charge in [0.2, 0.25) is 5.91 Å². The molecule has 7 heteroatoms. The van der Waals surface area contributed by atoms with Crippen LogP contribution < -0.4 is 5.73 Å². The van der Waals surface area contributed by atoms with Crippen LogP contribution >= 0.6 is 12.4 Å². The number of likely N-dealkylation sites (tertiary alicyclic amines) is 2. The van der Waals surface area contributed by atoms with E-state index in [0.29, 0.717) is 13.1 Å². The molecular weight excluding hydrogens is 316 g/mol. The van der Waals surface area contributed by atoms with Crippen molar-refractivity contribution in [2.75, 3.05) is 33.7 Å². The molecule has 2 N–H and O–H groups in total. The van der Waals surface area contributed by atoms with E-state index in [-0.39, 0.29) is 42.3 Å². The van der Waals surface area contributed by atoms with Crippen LogP contribution in [0.4, 0.5) is 4.79 Å². The maximum atomic E-state index is 12.8. The molecule has 2 rings (SSSR count). The summed E-state index contributed by atoms with van der Waals surface area (Å²) in [4.78, 5) is 30.2. The van der Waals surface area contributed by atoms with E-state index in [1.165, 1.54) is 0 Å². The molecule has 2 aliphatic heterocycles. The second kappa shape index (κ2) is 8.73. The Morgan fingerprint density at radius 2 is 1.70 bits per heavy atom. The van der Waals surface area contributed by atoms with Gasteiger partial charge in [0, 0.05) is 51.7 Å². The number of nitrogens with zero attached hydrogens (tertiary/aromatic N) is 3. The average Bonchev–Trinajstić information content (AvgIpc) is 2.53. The molecule has 134 valence electrons. The topological polar surface area (TPSA) is 69.9 Å². The van der Waals surface area contributed by atoms with Gasteiger partial charge in [0.1, 0.15) is 0 Å². The third-order valence-corrected chi connectivity index (χ3v) is 4.94. The minimum Gasteiger partial charge on any atom is -0.338 e. The first-order chi connectivity index (χ1) is 10.4. The number of hydrogen-bond donors (Lipinski definition) is 1. The van der Waals surface area contributed by atoms with Crippen molar-refractivity contribution < 1.29 is 9.59 Å². The van der Waals surface area contributed by atoms with Gasteiger partial charge in [-0.05, 0) is 39.0 Å². The largest absolute Gasteiger partial charge is 0.338 e. The number of nitrogens with two attached hydrogens (primary N) is 1. The van der Waals surface area contributed by atoms with Gasteiger partial charge in [-0.25, -0.2) is 4.79 Å². The molecule has 2 atom stereocenters. The van der Waals surface area contributed by atoms with Crippen LogP contribution in [0, 0.1) is 5.92 Å². The van der Waals surface area contributed by atoms with E-state index in [9.17, 15) is 9.59 Å². The quantitative estimate of drug-likeness (QED) is 0.824. The van der Waals surface area contributed by atoms with Crippen LogP contribution in [0.5, 0.6) is 0 Å². The maximum absolute atomic E-state index is 12.8. The molecule has 2 heterocycles. The summed E-state index contributed by atoms with van der Waals surface area (Å²) in [6, 6.07) is 0.250. The Morgan fingerprint density at radius 1 is 1.09 bits per heavy atom. The number of urea groups is 1. The predicted octanol–water partition coefficient (Wildman–Crippen LogP) is 1.53. The number of rotatable bonds is 2. The number of piperidine rings is 2. The first-order valence-electron chi connectivity index (χ1n) is 8.44. The number of amides is 3. The van der Waals surface area contributed by atoms with E-state index < -0.39 is 0 Å². The average molecular weight is 347 g/mol. The Balaban J connectivity index is 0.00000264. The van der Waals surface area contributed by atoms with E-state index >= 15 is 0 Å². The molecule has 6 nitrogen and oxygen atoms in total. The zero-order chi connectivity index (χ0) is 16.3. The smallest absolute Gasteiger partial charge is 0.319 e. The lowest BCUT2D eigenvalue weighted by Crippen LogP contribution is -2.54. The van der Waals surface area contributed by atoms with Crippen LogP contribution in [0.1, 0.15) is 39.0 Å². The molecule has 0 aromatic carbocycles. The lowest BCUT2D eigenvalue weighted by molar-refractivity contribution is -0.141. The summed E-state index contributed by atoms with van der Waals surface area (Å²) >= 11 is 0. The van der Waals surface area contributed by atoms with Gasteiger partial charge in [-0.15, -0.1) is 12.4 Å². The maximum Gasteiger partial charge on any atom is 0.319 e. The monoisotopic (exact) mass is 346 g/mol. The number of halogens is 1.